The van der Waals surface area contributed by atoms with Crippen LogP contribution >= 0.6 is 0 Å². The van der Waals surface area contributed by atoms with Crippen molar-refractivity contribution in [1.82, 2.24) is 9.88 Å². The summed E-state index contributed by atoms with van der Waals surface area (Å²) in [5, 5.41) is 10.9. The molecule has 1 atom stereocenters. The Morgan fingerprint density at radius 1 is 1.12 bits per heavy atom. The lowest BCUT2D eigenvalue weighted by atomic mass is 9.84. The number of ether oxygens (including phenoxy) is 3. The summed E-state index contributed by atoms with van der Waals surface area (Å²) in [6.07, 6.45) is 3.06. The number of cyclic esters (lactones) is 1. The van der Waals surface area contributed by atoms with Crippen molar-refractivity contribution in [3.05, 3.63) is 87.6 Å². The second kappa shape index (κ2) is 11.7. The standard InChI is InChI=1S/C33H34N2O7/c1-5-21-8-10-22(11-9-21)18-41-32(39)42-33(7-3)27(20(4)17-40-31(33)38)15-29-30-26(16-35(29)19-36)24(6-2)25-14-23(37)12-13-28(25)34-30/h8-15,19,37H,5-7,16-18H2,1-4H3/b29-15-/t33-/m0/s1. The van der Waals surface area contributed by atoms with Crippen molar-refractivity contribution >= 4 is 35.1 Å². The number of aromatic hydroxyl groups is 1. The van der Waals surface area contributed by atoms with Gasteiger partial charge in [0.25, 0.3) is 0 Å². The van der Waals surface area contributed by atoms with Crippen LogP contribution in [0.3, 0.4) is 0 Å². The van der Waals surface area contributed by atoms with E-state index in [1.807, 2.05) is 31.2 Å². The highest BCUT2D eigenvalue weighted by molar-refractivity contribution is 5.93. The van der Waals surface area contributed by atoms with E-state index < -0.39 is 17.7 Å². The number of benzene rings is 2. The number of hydrogen-bond donors (Lipinski definition) is 1. The van der Waals surface area contributed by atoms with Crippen molar-refractivity contribution in [2.24, 2.45) is 0 Å². The number of phenolic OH excluding ortho intramolecular Hbond substituents is 1. The van der Waals surface area contributed by atoms with Crippen LogP contribution in [-0.2, 0) is 49.8 Å². The van der Waals surface area contributed by atoms with Crippen LogP contribution in [-0.4, -0.2) is 45.7 Å². The van der Waals surface area contributed by atoms with Crippen LogP contribution in [0.2, 0.25) is 0 Å². The number of carbonyl (C=O) groups is 3. The van der Waals surface area contributed by atoms with Gasteiger partial charge in [0, 0.05) is 16.5 Å². The van der Waals surface area contributed by atoms with Crippen LogP contribution in [0.5, 0.6) is 5.75 Å². The molecule has 0 unspecified atom stereocenters. The molecule has 2 aromatic carbocycles. The van der Waals surface area contributed by atoms with Crippen molar-refractivity contribution in [3.8, 4) is 5.75 Å². The minimum absolute atomic E-state index is 0.0143. The third-order valence-corrected chi connectivity index (χ3v) is 8.02. The summed E-state index contributed by atoms with van der Waals surface area (Å²) in [5.41, 5.74) is 4.87. The average molecular weight is 571 g/mol. The molecule has 0 spiro atoms. The minimum atomic E-state index is -1.77. The van der Waals surface area contributed by atoms with Gasteiger partial charge in [0.05, 0.1) is 23.5 Å². The molecule has 0 saturated heterocycles. The summed E-state index contributed by atoms with van der Waals surface area (Å²) in [6.45, 7) is 7.86. The van der Waals surface area contributed by atoms with E-state index in [9.17, 15) is 19.5 Å². The quantitative estimate of drug-likeness (QED) is 0.269. The highest BCUT2D eigenvalue weighted by atomic mass is 16.7. The Morgan fingerprint density at radius 3 is 2.52 bits per heavy atom. The maximum atomic E-state index is 13.3. The topological polar surface area (TPSA) is 115 Å². The van der Waals surface area contributed by atoms with Crippen LogP contribution in [0.15, 0.2) is 59.7 Å². The first-order valence-electron chi connectivity index (χ1n) is 14.1. The molecule has 3 aromatic rings. The van der Waals surface area contributed by atoms with E-state index >= 15 is 0 Å². The molecule has 2 aliphatic heterocycles. The molecule has 42 heavy (non-hydrogen) atoms. The zero-order valence-corrected chi connectivity index (χ0v) is 24.2. The number of rotatable bonds is 8. The highest BCUT2D eigenvalue weighted by Gasteiger charge is 2.50. The van der Waals surface area contributed by atoms with Gasteiger partial charge >= 0.3 is 12.1 Å². The monoisotopic (exact) mass is 570 g/mol. The fraction of sp³-hybridized carbons (Fsp3) is 0.333. The summed E-state index contributed by atoms with van der Waals surface area (Å²) in [7, 11) is 0. The molecule has 0 fully saturated rings. The first kappa shape index (κ1) is 28.9. The Balaban J connectivity index is 1.53. The van der Waals surface area contributed by atoms with Gasteiger partial charge in [-0.3, -0.25) is 4.79 Å². The summed E-state index contributed by atoms with van der Waals surface area (Å²) < 4.78 is 16.6. The van der Waals surface area contributed by atoms with Gasteiger partial charge in [0.2, 0.25) is 12.0 Å². The second-order valence-corrected chi connectivity index (χ2v) is 10.5. The van der Waals surface area contributed by atoms with E-state index in [2.05, 4.69) is 6.92 Å². The number of pyridine rings is 1. The van der Waals surface area contributed by atoms with Crippen molar-refractivity contribution < 1.29 is 33.7 Å². The van der Waals surface area contributed by atoms with Crippen LogP contribution < -0.4 is 0 Å². The zero-order valence-electron chi connectivity index (χ0n) is 24.2. The third-order valence-electron chi connectivity index (χ3n) is 8.02. The number of nitrogens with zero attached hydrogens (tertiary/aromatic N) is 2. The fourth-order valence-corrected chi connectivity index (χ4v) is 5.67. The molecule has 9 nitrogen and oxygen atoms in total. The number of aryl methyl sites for hydroxylation is 2. The van der Waals surface area contributed by atoms with Crippen LogP contribution in [0, 0.1) is 0 Å². The first-order chi connectivity index (χ1) is 20.2. The van der Waals surface area contributed by atoms with Crippen LogP contribution in [0.4, 0.5) is 4.79 Å². The molecule has 0 radical (unpaired) electrons. The molecule has 1 amide bonds. The Morgan fingerprint density at radius 2 is 1.86 bits per heavy atom. The summed E-state index contributed by atoms with van der Waals surface area (Å²) in [5.74, 6) is -0.574. The molecule has 0 aliphatic carbocycles. The maximum absolute atomic E-state index is 13.3. The van der Waals surface area contributed by atoms with E-state index in [1.165, 1.54) is 10.5 Å². The number of hydrogen-bond acceptors (Lipinski definition) is 8. The molecule has 5 rings (SSSR count). The molecule has 218 valence electrons. The first-order valence-corrected chi connectivity index (χ1v) is 14.1. The Bertz CT molecular complexity index is 1620. The predicted molar refractivity (Wildman–Crippen MR) is 156 cm³/mol. The highest BCUT2D eigenvalue weighted by Crippen LogP contribution is 2.41. The SMILES string of the molecule is CCc1ccc(COC(=O)O[C@]2(CC)C(=O)OCC(C)=C2/C=C2/c3nc4ccc(O)cc4c(CC)c3CN2C=O)cc1. The number of aromatic nitrogens is 1. The molecule has 1 N–H and O–H groups in total. The van der Waals surface area contributed by atoms with E-state index in [-0.39, 0.29) is 31.9 Å². The van der Waals surface area contributed by atoms with E-state index in [0.717, 1.165) is 34.9 Å². The van der Waals surface area contributed by atoms with Crippen LogP contribution in [0.25, 0.3) is 16.6 Å². The number of phenols is 1. The number of fused-ring (bicyclic) bond motifs is 2. The normalized spacial score (nSPS) is 19.2. The molecule has 0 saturated carbocycles. The molecule has 2 aliphatic rings. The molecule has 0 bridgehead atoms. The zero-order chi connectivity index (χ0) is 30.0. The number of amides is 1. The Kier molecular flexibility index (Phi) is 8.02. The molecular weight excluding hydrogens is 536 g/mol. The molecular formula is C33H34N2O7. The summed E-state index contributed by atoms with van der Waals surface area (Å²) in [6, 6.07) is 12.7. The third kappa shape index (κ3) is 5.11. The van der Waals surface area contributed by atoms with Gasteiger partial charge in [-0.05, 0) is 72.7 Å². The van der Waals surface area contributed by atoms with E-state index in [4.69, 9.17) is 19.2 Å². The number of esters is 1. The summed E-state index contributed by atoms with van der Waals surface area (Å²) in [4.78, 5) is 45.0. The van der Waals surface area contributed by atoms with Crippen molar-refractivity contribution in [1.29, 1.82) is 0 Å². The van der Waals surface area contributed by atoms with E-state index in [0.29, 0.717) is 34.5 Å². The Labute approximate surface area is 244 Å². The van der Waals surface area contributed by atoms with Gasteiger partial charge in [-0.2, -0.15) is 0 Å². The lowest BCUT2D eigenvalue weighted by Gasteiger charge is -2.35. The predicted octanol–water partition coefficient (Wildman–Crippen LogP) is 5.75. The van der Waals surface area contributed by atoms with Gasteiger partial charge in [0.1, 0.15) is 19.0 Å². The molecule has 1 aromatic heterocycles. The Hall–Kier alpha value is -4.66. The molecule has 3 heterocycles. The van der Waals surface area contributed by atoms with Crippen molar-refractivity contribution in [3.63, 3.8) is 0 Å². The fourth-order valence-electron chi connectivity index (χ4n) is 5.67. The van der Waals surface area contributed by atoms with Crippen LogP contribution in [0.1, 0.15) is 62.1 Å². The molecule has 9 heteroatoms. The summed E-state index contributed by atoms with van der Waals surface area (Å²) >= 11 is 0. The lowest BCUT2D eigenvalue weighted by molar-refractivity contribution is -0.165. The van der Waals surface area contributed by atoms with Gasteiger partial charge in [-0.1, -0.05) is 45.0 Å². The minimum Gasteiger partial charge on any atom is -0.508 e. The van der Waals surface area contributed by atoms with Gasteiger partial charge in [-0.25, -0.2) is 14.6 Å². The van der Waals surface area contributed by atoms with Gasteiger partial charge < -0.3 is 24.2 Å². The van der Waals surface area contributed by atoms with Crippen molar-refractivity contribution in [2.75, 3.05) is 6.61 Å². The largest absolute Gasteiger partial charge is 0.510 e. The van der Waals surface area contributed by atoms with Gasteiger partial charge in [0.15, 0.2) is 0 Å². The number of carbonyl (C=O) groups excluding carboxylic acids is 3. The lowest BCUT2D eigenvalue weighted by Crippen LogP contribution is -2.49. The van der Waals surface area contributed by atoms with Crippen molar-refractivity contribution in [2.45, 2.75) is 65.7 Å². The van der Waals surface area contributed by atoms with Gasteiger partial charge in [-0.15, -0.1) is 0 Å². The second-order valence-electron chi connectivity index (χ2n) is 10.5. The average Bonchev–Trinajstić information content (AvgIpc) is 3.35. The van der Waals surface area contributed by atoms with E-state index in [1.54, 1.807) is 38.1 Å². The smallest absolute Gasteiger partial charge is 0.508 e. The maximum Gasteiger partial charge on any atom is 0.510 e.